The molecule has 2 aromatic carbocycles. The normalized spacial score (nSPS) is 11.7. The maximum absolute atomic E-state index is 13.9. The lowest BCUT2D eigenvalue weighted by Gasteiger charge is -2.12. The number of rotatable bonds is 2. The molecule has 0 bridgehead atoms. The van der Waals surface area contributed by atoms with Gasteiger partial charge in [-0.2, -0.15) is 13.2 Å². The van der Waals surface area contributed by atoms with Crippen molar-refractivity contribution in [1.82, 2.24) is 9.97 Å². The molecule has 4 nitrogen and oxygen atoms in total. The second-order valence-electron chi connectivity index (χ2n) is 4.78. The quantitative estimate of drug-likeness (QED) is 0.685. The Morgan fingerprint density at radius 1 is 1.17 bits per heavy atom. The van der Waals surface area contributed by atoms with Gasteiger partial charge in [0.05, 0.1) is 27.8 Å². The molecule has 1 heterocycles. The van der Waals surface area contributed by atoms with Crippen molar-refractivity contribution < 1.29 is 22.3 Å². The first kappa shape index (κ1) is 16.3. The van der Waals surface area contributed by atoms with E-state index in [0.29, 0.717) is 11.6 Å². The van der Waals surface area contributed by atoms with E-state index in [1.165, 1.54) is 24.5 Å². The Kier molecular flexibility index (Phi) is 3.92. The number of aromatic amines is 1. The molecule has 0 aliphatic heterocycles. The summed E-state index contributed by atoms with van der Waals surface area (Å²) in [5.41, 5.74) is -1.29. The molecule has 0 saturated heterocycles. The Hall–Kier alpha value is -2.61. The summed E-state index contributed by atoms with van der Waals surface area (Å²) in [6.07, 6.45) is -3.51. The van der Waals surface area contributed by atoms with Gasteiger partial charge in [-0.05, 0) is 30.3 Å². The fourth-order valence-electron chi connectivity index (χ4n) is 2.05. The average molecular weight is 359 g/mol. The zero-order valence-electron chi connectivity index (χ0n) is 11.6. The van der Waals surface area contributed by atoms with Gasteiger partial charge in [-0.25, -0.2) is 9.37 Å². The third-order valence-corrected chi connectivity index (χ3v) is 3.44. The van der Waals surface area contributed by atoms with Crippen molar-refractivity contribution in [3.05, 3.63) is 63.4 Å². The van der Waals surface area contributed by atoms with E-state index in [0.717, 1.165) is 0 Å². The van der Waals surface area contributed by atoms with Crippen LogP contribution < -0.4 is 10.3 Å². The van der Waals surface area contributed by atoms with E-state index >= 15 is 0 Å². The Labute approximate surface area is 136 Å². The maximum atomic E-state index is 13.9. The molecular weight excluding hydrogens is 352 g/mol. The largest absolute Gasteiger partial charge is 0.453 e. The molecule has 0 unspecified atom stereocenters. The van der Waals surface area contributed by atoms with E-state index in [1.807, 2.05) is 0 Å². The van der Waals surface area contributed by atoms with E-state index in [4.69, 9.17) is 16.3 Å². The van der Waals surface area contributed by atoms with Crippen molar-refractivity contribution in [2.24, 2.45) is 0 Å². The molecule has 0 amide bonds. The smallest absolute Gasteiger partial charge is 0.416 e. The first-order chi connectivity index (χ1) is 11.3. The van der Waals surface area contributed by atoms with E-state index < -0.39 is 33.9 Å². The number of alkyl halides is 3. The molecule has 0 spiro atoms. The van der Waals surface area contributed by atoms with Crippen molar-refractivity contribution in [2.45, 2.75) is 6.18 Å². The number of nitrogens with zero attached hydrogens (tertiary/aromatic N) is 1. The van der Waals surface area contributed by atoms with Crippen molar-refractivity contribution in [3.63, 3.8) is 0 Å². The van der Waals surface area contributed by atoms with E-state index in [2.05, 4.69) is 9.97 Å². The summed E-state index contributed by atoms with van der Waals surface area (Å²) < 4.78 is 57.0. The van der Waals surface area contributed by atoms with Gasteiger partial charge in [0, 0.05) is 0 Å². The summed E-state index contributed by atoms with van der Waals surface area (Å²) in [7, 11) is 0. The second kappa shape index (κ2) is 5.79. The minimum absolute atomic E-state index is 0.0292. The highest BCUT2D eigenvalue weighted by Gasteiger charge is 2.32. The molecule has 0 radical (unpaired) electrons. The summed E-state index contributed by atoms with van der Waals surface area (Å²) in [5, 5.41) is -0.360. The van der Waals surface area contributed by atoms with Crippen LogP contribution in [0.2, 0.25) is 5.02 Å². The van der Waals surface area contributed by atoms with Gasteiger partial charge in [-0.3, -0.25) is 4.79 Å². The minimum Gasteiger partial charge on any atom is -0.453 e. The molecular formula is C15H7ClF4N2O2. The summed E-state index contributed by atoms with van der Waals surface area (Å²) >= 11 is 5.69. The topological polar surface area (TPSA) is 55.0 Å². The Morgan fingerprint density at radius 2 is 1.92 bits per heavy atom. The number of benzene rings is 2. The number of hydrogen-bond donors (Lipinski definition) is 1. The molecule has 1 N–H and O–H groups in total. The van der Waals surface area contributed by atoms with Crippen LogP contribution >= 0.6 is 11.6 Å². The van der Waals surface area contributed by atoms with Crippen LogP contribution in [-0.4, -0.2) is 9.97 Å². The number of hydrogen-bond acceptors (Lipinski definition) is 3. The lowest BCUT2D eigenvalue weighted by Crippen LogP contribution is -2.07. The first-order valence-electron chi connectivity index (χ1n) is 6.47. The SMILES string of the molecule is O=c1[nH]cnc2ccc(Oc3c(F)cc(C(F)(F)F)cc3Cl)cc12. The number of fused-ring (bicyclic) bond motifs is 1. The average Bonchev–Trinajstić information content (AvgIpc) is 2.50. The fourth-order valence-corrected chi connectivity index (χ4v) is 2.30. The second-order valence-corrected chi connectivity index (χ2v) is 5.19. The molecule has 3 rings (SSSR count). The van der Waals surface area contributed by atoms with Crippen LogP contribution in [0.3, 0.4) is 0 Å². The summed E-state index contributed by atoms with van der Waals surface area (Å²) in [6, 6.07) is 4.98. The highest BCUT2D eigenvalue weighted by molar-refractivity contribution is 6.32. The molecule has 3 aromatic rings. The van der Waals surface area contributed by atoms with E-state index in [9.17, 15) is 22.4 Å². The minimum atomic E-state index is -4.73. The summed E-state index contributed by atoms with van der Waals surface area (Å²) in [4.78, 5) is 18.0. The van der Waals surface area contributed by atoms with Gasteiger partial charge in [0.2, 0.25) is 0 Å². The van der Waals surface area contributed by atoms with Gasteiger partial charge >= 0.3 is 6.18 Å². The highest BCUT2D eigenvalue weighted by Crippen LogP contribution is 2.38. The van der Waals surface area contributed by atoms with Crippen LogP contribution in [0.5, 0.6) is 11.5 Å². The van der Waals surface area contributed by atoms with Gasteiger partial charge in [0.1, 0.15) is 5.75 Å². The van der Waals surface area contributed by atoms with Crippen LogP contribution in [0.4, 0.5) is 17.6 Å². The Morgan fingerprint density at radius 3 is 2.58 bits per heavy atom. The van der Waals surface area contributed by atoms with Crippen LogP contribution in [-0.2, 0) is 6.18 Å². The molecule has 0 fully saturated rings. The molecule has 0 atom stereocenters. The number of H-pyrrole nitrogens is 1. The van der Waals surface area contributed by atoms with Gasteiger partial charge < -0.3 is 9.72 Å². The van der Waals surface area contributed by atoms with Crippen LogP contribution in [0.25, 0.3) is 10.9 Å². The van der Waals surface area contributed by atoms with Crippen molar-refractivity contribution in [3.8, 4) is 11.5 Å². The first-order valence-corrected chi connectivity index (χ1v) is 6.85. The van der Waals surface area contributed by atoms with E-state index in [1.54, 1.807) is 0 Å². The summed E-state index contributed by atoms with van der Waals surface area (Å²) in [5.74, 6) is -1.80. The molecule has 0 aliphatic carbocycles. The van der Waals surface area contributed by atoms with Crippen molar-refractivity contribution in [1.29, 1.82) is 0 Å². The van der Waals surface area contributed by atoms with Crippen LogP contribution in [0.15, 0.2) is 41.5 Å². The zero-order valence-corrected chi connectivity index (χ0v) is 12.4. The number of halogens is 5. The van der Waals surface area contributed by atoms with Gasteiger partial charge in [-0.1, -0.05) is 11.6 Å². The van der Waals surface area contributed by atoms with Crippen LogP contribution in [0.1, 0.15) is 5.56 Å². The van der Waals surface area contributed by atoms with Gasteiger partial charge in [-0.15, -0.1) is 0 Å². The molecule has 0 saturated carbocycles. The lowest BCUT2D eigenvalue weighted by molar-refractivity contribution is -0.137. The predicted molar refractivity (Wildman–Crippen MR) is 78.8 cm³/mol. The molecule has 24 heavy (non-hydrogen) atoms. The third kappa shape index (κ3) is 3.05. The summed E-state index contributed by atoms with van der Waals surface area (Å²) in [6.45, 7) is 0. The predicted octanol–water partition coefficient (Wildman–Crippen LogP) is 4.53. The molecule has 0 aliphatic rings. The Bertz CT molecular complexity index is 962. The number of nitrogens with one attached hydrogen (secondary N) is 1. The standard InChI is InChI=1S/C15H7ClF4N2O2/c16-10-3-7(15(18,19)20)4-11(17)13(10)24-8-1-2-12-9(5-8)14(23)22-6-21-12/h1-6H,(H,21,22,23). The molecule has 124 valence electrons. The third-order valence-electron chi connectivity index (χ3n) is 3.16. The number of aromatic nitrogens is 2. The lowest BCUT2D eigenvalue weighted by atomic mass is 10.2. The highest BCUT2D eigenvalue weighted by atomic mass is 35.5. The number of ether oxygens (including phenoxy) is 1. The van der Waals surface area contributed by atoms with Crippen molar-refractivity contribution in [2.75, 3.05) is 0 Å². The van der Waals surface area contributed by atoms with Gasteiger partial charge in [0.15, 0.2) is 11.6 Å². The maximum Gasteiger partial charge on any atom is 0.416 e. The fraction of sp³-hybridized carbons (Fsp3) is 0.0667. The zero-order chi connectivity index (χ0) is 17.5. The van der Waals surface area contributed by atoms with E-state index in [-0.39, 0.29) is 17.2 Å². The molecule has 1 aromatic heterocycles. The van der Waals surface area contributed by atoms with Crippen LogP contribution in [0, 0.1) is 5.82 Å². The molecule has 9 heteroatoms. The Balaban J connectivity index is 2.03. The van der Waals surface area contributed by atoms with Gasteiger partial charge in [0.25, 0.3) is 5.56 Å². The van der Waals surface area contributed by atoms with Crippen molar-refractivity contribution >= 4 is 22.5 Å². The monoisotopic (exact) mass is 358 g/mol.